The first kappa shape index (κ1) is 7.78. The minimum Gasteiger partial charge on any atom is -0.397 e. The normalized spacial score (nSPS) is 9.90. The van der Waals surface area contributed by atoms with Gasteiger partial charge in [-0.3, -0.25) is 4.98 Å². The Morgan fingerprint density at radius 2 is 2.00 bits per heavy atom. The largest absolute Gasteiger partial charge is 0.397 e. The Bertz CT molecular complexity index is 208. The van der Waals surface area contributed by atoms with Crippen molar-refractivity contribution >= 4 is 28.3 Å². The summed E-state index contributed by atoms with van der Waals surface area (Å²) in [6.07, 6.45) is 0. The molecular weight excluding hydrogens is 239 g/mol. The van der Waals surface area contributed by atoms with Gasteiger partial charge < -0.3 is 5.73 Å². The molecule has 2 nitrogen and oxygen atoms in total. The maximum atomic E-state index is 5.62. The summed E-state index contributed by atoms with van der Waals surface area (Å²) in [5, 5.41) is 0. The van der Waals surface area contributed by atoms with Crippen molar-refractivity contribution in [3.63, 3.8) is 0 Å². The first-order valence-corrected chi connectivity index (χ1v) is 4.08. The maximum absolute atomic E-state index is 5.62. The molecule has 0 aromatic carbocycles. The van der Waals surface area contributed by atoms with Crippen molar-refractivity contribution in [1.82, 2.24) is 4.98 Å². The van der Waals surface area contributed by atoms with Crippen molar-refractivity contribution in [2.75, 3.05) is 5.73 Å². The number of aromatic nitrogens is 1. The van der Waals surface area contributed by atoms with E-state index in [1.54, 1.807) is 0 Å². The number of nitrogen functional groups attached to an aromatic ring is 1. The molecule has 0 saturated heterocycles. The monoisotopic (exact) mass is 248 g/mol. The third-order valence-corrected chi connectivity index (χ3v) is 2.47. The molecule has 54 valence electrons. The molecule has 1 rings (SSSR count). The zero-order valence-corrected chi connectivity index (χ0v) is 8.14. The molecule has 0 amide bonds. The molecule has 0 saturated carbocycles. The highest BCUT2D eigenvalue weighted by Crippen LogP contribution is 2.15. The van der Waals surface area contributed by atoms with Gasteiger partial charge in [-0.25, -0.2) is 0 Å². The molecule has 0 radical (unpaired) electrons. The average Bonchev–Trinajstić information content (AvgIpc) is 1.84. The molecule has 2 N–H and O–H groups in total. The van der Waals surface area contributed by atoms with Gasteiger partial charge in [0.15, 0.2) is 0 Å². The van der Waals surface area contributed by atoms with Gasteiger partial charge in [-0.05, 0) is 42.5 Å². The molecule has 10 heavy (non-hydrogen) atoms. The van der Waals surface area contributed by atoms with Gasteiger partial charge in [-0.2, -0.15) is 0 Å². The van der Waals surface area contributed by atoms with Crippen molar-refractivity contribution in [3.8, 4) is 0 Å². The molecule has 0 atom stereocenters. The number of hydrogen-bond donors (Lipinski definition) is 1. The van der Waals surface area contributed by atoms with Crippen LogP contribution in [-0.2, 0) is 0 Å². The van der Waals surface area contributed by atoms with Crippen LogP contribution in [0.1, 0.15) is 11.4 Å². The highest BCUT2D eigenvalue weighted by molar-refractivity contribution is 14.1. The zero-order valence-electron chi connectivity index (χ0n) is 5.98. The van der Waals surface area contributed by atoms with Crippen LogP contribution >= 0.6 is 22.6 Å². The van der Waals surface area contributed by atoms with Gasteiger partial charge in [-0.1, -0.05) is 0 Å². The summed E-state index contributed by atoms with van der Waals surface area (Å²) >= 11 is 2.22. The molecule has 1 heterocycles. The van der Waals surface area contributed by atoms with Crippen LogP contribution in [0, 0.1) is 17.4 Å². The maximum Gasteiger partial charge on any atom is 0.0605 e. The number of halogens is 1. The minimum absolute atomic E-state index is 0.773. The van der Waals surface area contributed by atoms with E-state index in [2.05, 4.69) is 27.6 Å². The number of aryl methyl sites for hydroxylation is 2. The Hall–Kier alpha value is -0.320. The van der Waals surface area contributed by atoms with Crippen molar-refractivity contribution in [2.45, 2.75) is 13.8 Å². The second-order valence-corrected chi connectivity index (χ2v) is 3.39. The van der Waals surface area contributed by atoms with Gasteiger partial charge in [0.1, 0.15) is 0 Å². The van der Waals surface area contributed by atoms with Crippen LogP contribution in [-0.4, -0.2) is 4.98 Å². The lowest BCUT2D eigenvalue weighted by Gasteiger charge is -2.01. The summed E-state index contributed by atoms with van der Waals surface area (Å²) in [7, 11) is 0. The van der Waals surface area contributed by atoms with E-state index in [1.807, 2.05) is 19.9 Å². The Kier molecular flexibility index (Phi) is 2.13. The van der Waals surface area contributed by atoms with Gasteiger partial charge in [0.2, 0.25) is 0 Å². The lowest BCUT2D eigenvalue weighted by molar-refractivity contribution is 1.11. The van der Waals surface area contributed by atoms with Crippen molar-refractivity contribution in [3.05, 3.63) is 21.0 Å². The zero-order chi connectivity index (χ0) is 7.72. The Balaban J connectivity index is 3.28. The number of nitrogens with zero attached hydrogens (tertiary/aromatic N) is 1. The predicted octanol–water partition coefficient (Wildman–Crippen LogP) is 1.89. The third-order valence-electron chi connectivity index (χ3n) is 1.38. The average molecular weight is 248 g/mol. The fourth-order valence-corrected chi connectivity index (χ4v) is 1.17. The number of hydrogen-bond acceptors (Lipinski definition) is 2. The molecule has 0 aliphatic carbocycles. The molecule has 0 aliphatic rings. The third kappa shape index (κ3) is 1.39. The Morgan fingerprint density at radius 3 is 2.50 bits per heavy atom. The molecule has 0 spiro atoms. The van der Waals surface area contributed by atoms with E-state index in [9.17, 15) is 0 Å². The fourth-order valence-electron chi connectivity index (χ4n) is 0.715. The smallest absolute Gasteiger partial charge is 0.0605 e. The van der Waals surface area contributed by atoms with E-state index in [0.29, 0.717) is 0 Å². The highest BCUT2D eigenvalue weighted by Gasteiger charge is 1.98. The van der Waals surface area contributed by atoms with Crippen LogP contribution in [0.25, 0.3) is 0 Å². The van der Waals surface area contributed by atoms with Crippen LogP contribution < -0.4 is 5.73 Å². The van der Waals surface area contributed by atoms with Gasteiger partial charge in [-0.15, -0.1) is 0 Å². The lowest BCUT2D eigenvalue weighted by atomic mass is 10.3. The summed E-state index contributed by atoms with van der Waals surface area (Å²) in [4.78, 5) is 4.24. The standard InChI is InChI=1S/C7H9IN2/c1-4-6(8)3-7(9)5(2)10-4/h3H,9H2,1-2H3. The topological polar surface area (TPSA) is 38.9 Å². The second kappa shape index (κ2) is 2.74. The predicted molar refractivity (Wildman–Crippen MR) is 50.8 cm³/mol. The van der Waals surface area contributed by atoms with Crippen LogP contribution in [0.4, 0.5) is 5.69 Å². The van der Waals surface area contributed by atoms with Crippen LogP contribution in [0.3, 0.4) is 0 Å². The number of anilines is 1. The fraction of sp³-hybridized carbons (Fsp3) is 0.286. The Morgan fingerprint density at radius 1 is 1.40 bits per heavy atom. The first-order chi connectivity index (χ1) is 4.61. The second-order valence-electron chi connectivity index (χ2n) is 2.23. The molecule has 0 aliphatic heterocycles. The Labute approximate surface area is 74.0 Å². The van der Waals surface area contributed by atoms with Crippen LogP contribution in [0.15, 0.2) is 6.07 Å². The van der Waals surface area contributed by atoms with E-state index in [1.165, 1.54) is 0 Å². The lowest BCUT2D eigenvalue weighted by Crippen LogP contribution is -1.96. The van der Waals surface area contributed by atoms with E-state index in [-0.39, 0.29) is 0 Å². The van der Waals surface area contributed by atoms with E-state index in [4.69, 9.17) is 5.73 Å². The van der Waals surface area contributed by atoms with E-state index >= 15 is 0 Å². The minimum atomic E-state index is 0.773. The van der Waals surface area contributed by atoms with Gasteiger partial charge in [0.05, 0.1) is 17.1 Å². The molecule has 0 bridgehead atoms. The number of nitrogens with two attached hydrogens (primary N) is 1. The van der Waals surface area contributed by atoms with E-state index < -0.39 is 0 Å². The van der Waals surface area contributed by atoms with Crippen LogP contribution in [0.2, 0.25) is 0 Å². The van der Waals surface area contributed by atoms with E-state index in [0.717, 1.165) is 20.6 Å². The van der Waals surface area contributed by atoms with Crippen LogP contribution in [0.5, 0.6) is 0 Å². The first-order valence-electron chi connectivity index (χ1n) is 3.00. The molecule has 1 aromatic heterocycles. The van der Waals surface area contributed by atoms with Crippen molar-refractivity contribution in [2.24, 2.45) is 0 Å². The summed E-state index contributed by atoms with van der Waals surface area (Å²) < 4.78 is 1.13. The van der Waals surface area contributed by atoms with Gasteiger partial charge >= 0.3 is 0 Å². The molecular formula is C7H9IN2. The molecule has 0 unspecified atom stereocenters. The number of rotatable bonds is 0. The SMILES string of the molecule is Cc1nc(C)c(I)cc1N. The van der Waals surface area contributed by atoms with Crippen molar-refractivity contribution < 1.29 is 0 Å². The summed E-state index contributed by atoms with van der Waals surface area (Å²) in [6.45, 7) is 3.90. The van der Waals surface area contributed by atoms with Gasteiger partial charge in [0.25, 0.3) is 0 Å². The van der Waals surface area contributed by atoms with Crippen molar-refractivity contribution in [1.29, 1.82) is 0 Å². The summed E-state index contributed by atoms with van der Waals surface area (Å²) in [5.74, 6) is 0. The molecule has 0 fully saturated rings. The highest BCUT2D eigenvalue weighted by atomic mass is 127. The molecule has 3 heteroatoms. The molecule has 1 aromatic rings. The summed E-state index contributed by atoms with van der Waals surface area (Å²) in [6, 6.07) is 1.94. The summed E-state index contributed by atoms with van der Waals surface area (Å²) in [5.41, 5.74) is 8.36. The number of pyridine rings is 1. The quantitative estimate of drug-likeness (QED) is 0.712. The van der Waals surface area contributed by atoms with Gasteiger partial charge in [0, 0.05) is 3.57 Å².